The van der Waals surface area contributed by atoms with Gasteiger partial charge in [-0.1, -0.05) is 0 Å². The lowest BCUT2D eigenvalue weighted by Gasteiger charge is -2.27. The minimum atomic E-state index is -0.408. The number of nitrogens with one attached hydrogen (secondary N) is 1. The van der Waals surface area contributed by atoms with Gasteiger partial charge in [-0.3, -0.25) is 0 Å². The monoisotopic (exact) mass is 227 g/mol. The van der Waals surface area contributed by atoms with Gasteiger partial charge in [0.1, 0.15) is 5.01 Å². The van der Waals surface area contributed by atoms with E-state index in [4.69, 9.17) is 0 Å². The van der Waals surface area contributed by atoms with Gasteiger partial charge in [-0.25, -0.2) is 9.78 Å². The van der Waals surface area contributed by atoms with Crippen molar-refractivity contribution in [2.45, 2.75) is 26.3 Å². The maximum absolute atomic E-state index is 11.7. The van der Waals surface area contributed by atoms with Crippen LogP contribution in [0.3, 0.4) is 0 Å². The Labute approximate surface area is 94.3 Å². The third kappa shape index (κ3) is 2.92. The fraction of sp³-hybridized carbons (Fsp3) is 0.600. The molecule has 2 amide bonds. The lowest BCUT2D eigenvalue weighted by atomic mass is 10.1. The van der Waals surface area contributed by atoms with Gasteiger partial charge >= 0.3 is 6.03 Å². The molecule has 0 saturated heterocycles. The molecule has 0 aromatic carbocycles. The molecule has 0 fully saturated rings. The van der Waals surface area contributed by atoms with Crippen LogP contribution >= 0.6 is 11.3 Å². The van der Waals surface area contributed by atoms with Crippen molar-refractivity contribution in [1.29, 1.82) is 0 Å². The van der Waals surface area contributed by atoms with Gasteiger partial charge in [-0.05, 0) is 20.8 Å². The molecule has 0 bridgehead atoms. The number of aromatic nitrogens is 1. The van der Waals surface area contributed by atoms with E-state index in [-0.39, 0.29) is 6.03 Å². The number of carbonyl (C=O) groups excluding carboxylic acids is 1. The number of nitrogens with zero attached hydrogens (tertiary/aromatic N) is 2. The third-order valence-corrected chi connectivity index (χ3v) is 3.30. The number of thiazole rings is 1. The average molecular weight is 227 g/mol. The molecule has 0 radical (unpaired) electrons. The lowest BCUT2D eigenvalue weighted by Crippen LogP contribution is -2.47. The predicted octanol–water partition coefficient (Wildman–Crippen LogP) is 2.04. The van der Waals surface area contributed by atoms with E-state index < -0.39 is 5.54 Å². The highest BCUT2D eigenvalue weighted by Gasteiger charge is 2.26. The second kappa shape index (κ2) is 4.61. The smallest absolute Gasteiger partial charge is 0.317 e. The van der Waals surface area contributed by atoms with Crippen LogP contribution in [0.5, 0.6) is 0 Å². The molecule has 4 nitrogen and oxygen atoms in total. The molecule has 0 spiro atoms. The van der Waals surface area contributed by atoms with E-state index in [9.17, 15) is 4.79 Å². The number of urea groups is 1. The van der Waals surface area contributed by atoms with Gasteiger partial charge in [0.05, 0.1) is 5.54 Å². The van der Waals surface area contributed by atoms with Crippen molar-refractivity contribution in [2.24, 2.45) is 0 Å². The largest absolute Gasteiger partial charge is 0.328 e. The van der Waals surface area contributed by atoms with E-state index in [0.717, 1.165) is 5.01 Å². The van der Waals surface area contributed by atoms with Crippen LogP contribution in [0, 0.1) is 0 Å². The van der Waals surface area contributed by atoms with E-state index in [1.54, 1.807) is 29.5 Å². The van der Waals surface area contributed by atoms with Gasteiger partial charge in [0.25, 0.3) is 0 Å². The Morgan fingerprint density at radius 3 is 2.80 bits per heavy atom. The molecule has 15 heavy (non-hydrogen) atoms. The van der Waals surface area contributed by atoms with Crippen molar-refractivity contribution >= 4 is 17.4 Å². The summed E-state index contributed by atoms with van der Waals surface area (Å²) in [5.41, 5.74) is -0.408. The third-order valence-electron chi connectivity index (χ3n) is 2.21. The second-order valence-electron chi connectivity index (χ2n) is 3.91. The number of carbonyl (C=O) groups is 1. The van der Waals surface area contributed by atoms with Crippen LogP contribution in [-0.4, -0.2) is 29.5 Å². The normalized spacial score (nSPS) is 11.2. The molecule has 1 N–H and O–H groups in total. The number of rotatable bonds is 3. The summed E-state index contributed by atoms with van der Waals surface area (Å²) in [6.45, 7) is 6.54. The van der Waals surface area contributed by atoms with Gasteiger partial charge in [-0.2, -0.15) is 0 Å². The van der Waals surface area contributed by atoms with E-state index in [1.165, 1.54) is 0 Å². The van der Waals surface area contributed by atoms with Crippen molar-refractivity contribution in [2.75, 3.05) is 13.6 Å². The Kier molecular flexibility index (Phi) is 3.68. The second-order valence-corrected chi connectivity index (χ2v) is 4.80. The topological polar surface area (TPSA) is 45.2 Å². The number of hydrogen-bond donors (Lipinski definition) is 1. The SMILES string of the molecule is CCN(C)C(=O)NC(C)(C)c1nccs1. The summed E-state index contributed by atoms with van der Waals surface area (Å²) in [7, 11) is 1.77. The van der Waals surface area contributed by atoms with E-state index in [1.807, 2.05) is 26.2 Å². The first kappa shape index (κ1) is 12.0. The molecule has 1 heterocycles. The molecule has 84 valence electrons. The van der Waals surface area contributed by atoms with E-state index >= 15 is 0 Å². The summed E-state index contributed by atoms with van der Waals surface area (Å²) < 4.78 is 0. The molecule has 5 heteroatoms. The Bertz CT molecular complexity index is 321. The summed E-state index contributed by atoms with van der Waals surface area (Å²) >= 11 is 1.55. The molecular weight excluding hydrogens is 210 g/mol. The molecule has 1 aromatic rings. The molecule has 1 aromatic heterocycles. The summed E-state index contributed by atoms with van der Waals surface area (Å²) in [6, 6.07) is -0.0716. The highest BCUT2D eigenvalue weighted by molar-refractivity contribution is 7.09. The number of hydrogen-bond acceptors (Lipinski definition) is 3. The van der Waals surface area contributed by atoms with Crippen molar-refractivity contribution in [3.8, 4) is 0 Å². The quantitative estimate of drug-likeness (QED) is 0.859. The highest BCUT2D eigenvalue weighted by Crippen LogP contribution is 2.21. The Morgan fingerprint density at radius 2 is 2.33 bits per heavy atom. The van der Waals surface area contributed by atoms with Gasteiger partial charge in [0.2, 0.25) is 0 Å². The van der Waals surface area contributed by atoms with Gasteiger partial charge < -0.3 is 10.2 Å². The molecule has 0 aliphatic carbocycles. The Hall–Kier alpha value is -1.10. The van der Waals surface area contributed by atoms with Gasteiger partial charge in [0, 0.05) is 25.2 Å². The maximum atomic E-state index is 11.7. The first-order valence-corrected chi connectivity index (χ1v) is 5.78. The van der Waals surface area contributed by atoms with Crippen LogP contribution in [0.2, 0.25) is 0 Å². The minimum absolute atomic E-state index is 0.0716. The van der Waals surface area contributed by atoms with Crippen molar-refractivity contribution in [3.63, 3.8) is 0 Å². The van der Waals surface area contributed by atoms with Crippen LogP contribution in [0.1, 0.15) is 25.8 Å². The van der Waals surface area contributed by atoms with Crippen molar-refractivity contribution < 1.29 is 4.79 Å². The van der Waals surface area contributed by atoms with Crippen LogP contribution in [0.15, 0.2) is 11.6 Å². The predicted molar refractivity (Wildman–Crippen MR) is 62.0 cm³/mol. The van der Waals surface area contributed by atoms with E-state index in [0.29, 0.717) is 6.54 Å². The van der Waals surface area contributed by atoms with E-state index in [2.05, 4.69) is 10.3 Å². The standard InChI is InChI=1S/C10H17N3OS/c1-5-13(4)9(14)12-10(2,3)8-11-6-7-15-8/h6-7H,5H2,1-4H3,(H,12,14). The molecule has 0 saturated carbocycles. The average Bonchev–Trinajstić information content (AvgIpc) is 2.69. The van der Waals surface area contributed by atoms with Gasteiger partial charge in [-0.15, -0.1) is 11.3 Å². The summed E-state index contributed by atoms with van der Waals surface area (Å²) in [5.74, 6) is 0. The summed E-state index contributed by atoms with van der Waals surface area (Å²) in [4.78, 5) is 17.5. The first-order chi connectivity index (χ1) is 6.97. The molecule has 0 aliphatic rings. The first-order valence-electron chi connectivity index (χ1n) is 4.90. The van der Waals surface area contributed by atoms with Crippen LogP contribution in [-0.2, 0) is 5.54 Å². The Balaban J connectivity index is 2.69. The zero-order valence-corrected chi connectivity index (χ0v) is 10.4. The minimum Gasteiger partial charge on any atom is -0.328 e. The van der Waals surface area contributed by atoms with Gasteiger partial charge in [0.15, 0.2) is 0 Å². The van der Waals surface area contributed by atoms with Crippen molar-refractivity contribution in [3.05, 3.63) is 16.6 Å². The molecule has 0 unspecified atom stereocenters. The molecule has 0 atom stereocenters. The molecular formula is C10H17N3OS. The lowest BCUT2D eigenvalue weighted by molar-refractivity contribution is 0.199. The molecule has 1 rings (SSSR count). The summed E-state index contributed by atoms with van der Waals surface area (Å²) in [6.07, 6.45) is 1.75. The fourth-order valence-electron chi connectivity index (χ4n) is 1.09. The highest BCUT2D eigenvalue weighted by atomic mass is 32.1. The zero-order valence-electron chi connectivity index (χ0n) is 9.57. The van der Waals surface area contributed by atoms with Crippen LogP contribution < -0.4 is 5.32 Å². The molecule has 0 aliphatic heterocycles. The van der Waals surface area contributed by atoms with Crippen LogP contribution in [0.4, 0.5) is 4.79 Å². The number of amides is 2. The Morgan fingerprint density at radius 1 is 1.67 bits per heavy atom. The maximum Gasteiger partial charge on any atom is 0.317 e. The zero-order chi connectivity index (χ0) is 11.5. The van der Waals surface area contributed by atoms with Crippen LogP contribution in [0.25, 0.3) is 0 Å². The fourth-order valence-corrected chi connectivity index (χ4v) is 1.81. The van der Waals surface area contributed by atoms with Crippen molar-refractivity contribution in [1.82, 2.24) is 15.2 Å². The summed E-state index contributed by atoms with van der Waals surface area (Å²) in [5, 5.41) is 5.77.